The van der Waals surface area contributed by atoms with Gasteiger partial charge in [0.15, 0.2) is 5.43 Å². The lowest BCUT2D eigenvalue weighted by Crippen LogP contribution is -2.09. The molecule has 0 amide bonds. The first-order chi connectivity index (χ1) is 13.5. The molecule has 4 aromatic rings. The molecule has 2 heterocycles. The molecule has 28 heavy (non-hydrogen) atoms. The Morgan fingerprint density at radius 2 is 1.89 bits per heavy atom. The number of carbonyl (C=O) groups excluding carboxylic acids is 1. The summed E-state index contributed by atoms with van der Waals surface area (Å²) in [4.78, 5) is 30.9. The van der Waals surface area contributed by atoms with Crippen LogP contribution >= 0.6 is 0 Å². The van der Waals surface area contributed by atoms with Crippen molar-refractivity contribution in [3.8, 4) is 17.0 Å². The Hall–Kier alpha value is -3.87. The first-order valence-corrected chi connectivity index (χ1v) is 8.26. The number of hydrogen-bond donors (Lipinski definition) is 1. The fourth-order valence-electron chi connectivity index (χ4n) is 2.80. The summed E-state index contributed by atoms with van der Waals surface area (Å²) in [5, 5.41) is 0.299. The van der Waals surface area contributed by atoms with Crippen molar-refractivity contribution in [2.45, 2.75) is 0 Å². The normalized spacial score (nSPS) is 10.8. The summed E-state index contributed by atoms with van der Waals surface area (Å²) in [6, 6.07) is 11.9. The van der Waals surface area contributed by atoms with Crippen molar-refractivity contribution in [2.24, 2.45) is 0 Å². The number of ether oxygens (including phenoxy) is 1. The van der Waals surface area contributed by atoms with Crippen molar-refractivity contribution in [1.82, 2.24) is 9.97 Å². The number of benzene rings is 2. The van der Waals surface area contributed by atoms with E-state index < -0.39 is 17.6 Å². The first-order valence-electron chi connectivity index (χ1n) is 8.26. The monoisotopic (exact) mass is 378 g/mol. The Bertz CT molecular complexity index is 1250. The number of H-pyrrole nitrogens is 1. The van der Waals surface area contributed by atoms with E-state index in [0.29, 0.717) is 5.39 Å². The van der Waals surface area contributed by atoms with Crippen molar-refractivity contribution >= 4 is 16.9 Å². The smallest absolute Gasteiger partial charge is 0.345 e. The Labute approximate surface area is 157 Å². The Morgan fingerprint density at radius 1 is 1.04 bits per heavy atom. The number of nitrogens with zero attached hydrogens (tertiary/aromatic N) is 1. The molecular weight excluding hydrogens is 366 g/mol. The second-order valence-corrected chi connectivity index (χ2v) is 6.01. The lowest BCUT2D eigenvalue weighted by Gasteiger charge is -2.09. The molecule has 0 unspecified atom stereocenters. The number of nitrogens with one attached hydrogen (secondary N) is 1. The summed E-state index contributed by atoms with van der Waals surface area (Å²) in [5.74, 6) is -1.89. The number of esters is 1. The third-order valence-electron chi connectivity index (χ3n) is 4.13. The number of hydrogen-bond acceptors (Lipinski definition) is 4. The predicted molar refractivity (Wildman–Crippen MR) is 99.1 cm³/mol. The summed E-state index contributed by atoms with van der Waals surface area (Å²) in [5.41, 5.74) is 0.396. The van der Waals surface area contributed by atoms with Crippen LogP contribution in [0.25, 0.3) is 22.2 Å². The van der Waals surface area contributed by atoms with Gasteiger partial charge >= 0.3 is 5.97 Å². The maximum atomic E-state index is 14.6. The lowest BCUT2D eigenvalue weighted by atomic mass is 10.1. The number of pyridine rings is 2. The summed E-state index contributed by atoms with van der Waals surface area (Å²) in [7, 11) is 0. The van der Waals surface area contributed by atoms with Crippen LogP contribution in [-0.4, -0.2) is 15.9 Å². The van der Waals surface area contributed by atoms with E-state index in [-0.39, 0.29) is 33.5 Å². The average molecular weight is 378 g/mol. The van der Waals surface area contributed by atoms with Crippen LogP contribution in [0, 0.1) is 11.6 Å². The van der Waals surface area contributed by atoms with Gasteiger partial charge in [-0.1, -0.05) is 0 Å². The minimum absolute atomic E-state index is 0.00397. The van der Waals surface area contributed by atoms with E-state index in [9.17, 15) is 18.4 Å². The van der Waals surface area contributed by atoms with Gasteiger partial charge in [-0.3, -0.25) is 9.78 Å². The molecule has 5 nitrogen and oxygen atoms in total. The summed E-state index contributed by atoms with van der Waals surface area (Å²) < 4.78 is 33.2. The predicted octanol–water partition coefficient (Wildman–Crippen LogP) is 4.09. The molecule has 2 aromatic carbocycles. The molecule has 138 valence electrons. The maximum absolute atomic E-state index is 14.6. The topological polar surface area (TPSA) is 72.1 Å². The Balaban J connectivity index is 1.68. The van der Waals surface area contributed by atoms with Crippen LogP contribution in [0.15, 0.2) is 71.8 Å². The van der Waals surface area contributed by atoms with Crippen LogP contribution in [-0.2, 0) is 0 Å². The number of rotatable bonds is 3. The zero-order valence-corrected chi connectivity index (χ0v) is 14.3. The van der Waals surface area contributed by atoms with Crippen LogP contribution in [0.2, 0.25) is 0 Å². The second-order valence-electron chi connectivity index (χ2n) is 6.01. The van der Waals surface area contributed by atoms with Crippen molar-refractivity contribution in [1.29, 1.82) is 0 Å². The summed E-state index contributed by atoms with van der Waals surface area (Å²) >= 11 is 0. The molecule has 0 saturated heterocycles. The molecule has 0 saturated carbocycles. The van der Waals surface area contributed by atoms with E-state index in [2.05, 4.69) is 9.97 Å². The highest BCUT2D eigenvalue weighted by atomic mass is 19.1. The summed E-state index contributed by atoms with van der Waals surface area (Å²) in [6.45, 7) is 0. The van der Waals surface area contributed by atoms with Crippen molar-refractivity contribution in [2.75, 3.05) is 0 Å². The van der Waals surface area contributed by atoms with Gasteiger partial charge in [0, 0.05) is 35.5 Å². The van der Waals surface area contributed by atoms with Crippen molar-refractivity contribution in [3.05, 3.63) is 94.4 Å². The van der Waals surface area contributed by atoms with Crippen LogP contribution in [0.4, 0.5) is 8.78 Å². The van der Waals surface area contributed by atoms with Gasteiger partial charge in [0.05, 0.1) is 16.8 Å². The minimum atomic E-state index is -0.706. The maximum Gasteiger partial charge on any atom is 0.345 e. The fraction of sp³-hybridized carbons (Fsp3) is 0. The van der Waals surface area contributed by atoms with Gasteiger partial charge in [-0.25, -0.2) is 13.6 Å². The number of aromatic nitrogens is 2. The van der Waals surface area contributed by atoms with Gasteiger partial charge < -0.3 is 9.72 Å². The van der Waals surface area contributed by atoms with Gasteiger partial charge in [0.1, 0.15) is 17.4 Å². The Kier molecular flexibility index (Phi) is 4.41. The molecule has 4 rings (SSSR count). The number of halogens is 2. The Morgan fingerprint density at radius 3 is 2.64 bits per heavy atom. The van der Waals surface area contributed by atoms with Gasteiger partial charge in [-0.15, -0.1) is 0 Å². The van der Waals surface area contributed by atoms with Crippen molar-refractivity contribution < 1.29 is 18.3 Å². The van der Waals surface area contributed by atoms with Gasteiger partial charge in [0.25, 0.3) is 0 Å². The fourth-order valence-corrected chi connectivity index (χ4v) is 2.80. The van der Waals surface area contributed by atoms with Gasteiger partial charge in [-0.05, 0) is 42.5 Å². The molecular formula is C21H12F2N2O3. The number of aromatic amines is 1. The van der Waals surface area contributed by atoms with Crippen LogP contribution in [0.3, 0.4) is 0 Å². The zero-order chi connectivity index (χ0) is 19.7. The molecule has 1 N–H and O–H groups in total. The van der Waals surface area contributed by atoms with Crippen LogP contribution in [0.5, 0.6) is 5.75 Å². The average Bonchev–Trinajstić information content (AvgIpc) is 2.68. The zero-order valence-electron chi connectivity index (χ0n) is 14.3. The quantitative estimate of drug-likeness (QED) is 0.431. The lowest BCUT2D eigenvalue weighted by molar-refractivity contribution is 0.0734. The first kappa shape index (κ1) is 17.5. The molecule has 0 aliphatic heterocycles. The molecule has 0 aliphatic rings. The van der Waals surface area contributed by atoms with E-state index in [1.165, 1.54) is 54.9 Å². The highest BCUT2D eigenvalue weighted by Gasteiger charge is 2.13. The van der Waals surface area contributed by atoms with Crippen molar-refractivity contribution in [3.63, 3.8) is 0 Å². The molecule has 0 atom stereocenters. The minimum Gasteiger partial charge on any atom is -0.423 e. The highest BCUT2D eigenvalue weighted by molar-refractivity contribution is 5.90. The second kappa shape index (κ2) is 7.03. The largest absolute Gasteiger partial charge is 0.423 e. The van der Waals surface area contributed by atoms with Crippen LogP contribution in [0.1, 0.15) is 10.4 Å². The molecule has 2 aromatic heterocycles. The molecule has 0 bridgehead atoms. The van der Waals surface area contributed by atoms with Crippen LogP contribution < -0.4 is 10.2 Å². The van der Waals surface area contributed by atoms with E-state index in [1.54, 1.807) is 6.07 Å². The van der Waals surface area contributed by atoms with E-state index in [0.717, 1.165) is 6.07 Å². The van der Waals surface area contributed by atoms with Gasteiger partial charge in [-0.2, -0.15) is 0 Å². The SMILES string of the molecule is O=C(Oc1ccc(-c2cc(=O)c3ccc(F)cc3[nH]2)c(F)c1)c1cccnc1. The third kappa shape index (κ3) is 3.37. The number of fused-ring (bicyclic) bond motifs is 1. The molecule has 7 heteroatoms. The summed E-state index contributed by atoms with van der Waals surface area (Å²) in [6.07, 6.45) is 2.85. The van der Waals surface area contributed by atoms with Gasteiger partial charge in [0.2, 0.25) is 0 Å². The van der Waals surface area contributed by atoms with E-state index in [1.807, 2.05) is 0 Å². The molecule has 0 fully saturated rings. The standard InChI is InChI=1S/C21H12F2N2O3/c22-13-3-5-16-18(8-13)25-19(10-20(16)26)15-6-4-14(9-17(15)23)28-21(27)12-2-1-7-24-11-12/h1-11H,(H,25,26). The molecule has 0 spiro atoms. The highest BCUT2D eigenvalue weighted by Crippen LogP contribution is 2.26. The molecule has 0 aliphatic carbocycles. The van der Waals surface area contributed by atoms with E-state index >= 15 is 0 Å². The molecule has 0 radical (unpaired) electrons. The van der Waals surface area contributed by atoms with E-state index in [4.69, 9.17) is 4.74 Å². The third-order valence-corrected chi connectivity index (χ3v) is 4.13. The number of carbonyl (C=O) groups is 1.